The molecule has 2 amide bonds. The van der Waals surface area contributed by atoms with Gasteiger partial charge in [0.15, 0.2) is 0 Å². The Morgan fingerprint density at radius 3 is 1.56 bits per heavy atom. The number of nitrogens with one attached hydrogen (secondary N) is 2. The van der Waals surface area contributed by atoms with Crippen molar-refractivity contribution in [3.63, 3.8) is 0 Å². The number of aliphatic hydroxyl groups excluding tert-OH is 10. The minimum absolute atomic E-state index is 0.139. The van der Waals surface area contributed by atoms with Crippen molar-refractivity contribution in [3.8, 4) is 11.1 Å². The molecule has 0 unspecified atom stereocenters. The lowest BCUT2D eigenvalue weighted by Crippen LogP contribution is -2.53. The SMILES string of the molecule is N[C@@H](CCCCN(C[C@H](O)[C@@H](O)[C@H](O)[C@H](O)CO)C[C@H](O)[C@@H](O)[C@H](O)[C@H](O)CO)C(=O)NCCCc1ccc(-c2ccc(CCCCNC(=O)OCc3ccccc3)cc2)cc1. The maximum absolute atomic E-state index is 12.7. The van der Waals surface area contributed by atoms with Crippen LogP contribution >= 0.6 is 0 Å². The van der Waals surface area contributed by atoms with Crippen LogP contribution in [0.15, 0.2) is 78.9 Å². The Morgan fingerprint density at radius 2 is 1.05 bits per heavy atom. The van der Waals surface area contributed by atoms with Gasteiger partial charge in [-0.05, 0) is 79.3 Å². The molecule has 0 bridgehead atoms. The summed E-state index contributed by atoms with van der Waals surface area (Å²) in [5.74, 6) is -0.318. The second kappa shape index (κ2) is 28.6. The van der Waals surface area contributed by atoms with Crippen molar-refractivity contribution in [1.29, 1.82) is 0 Å². The number of aliphatic hydroxyl groups is 10. The molecule has 0 aromatic heterocycles. The van der Waals surface area contributed by atoms with Gasteiger partial charge in [0.25, 0.3) is 0 Å². The zero-order valence-corrected chi connectivity index (χ0v) is 35.2. The lowest BCUT2D eigenvalue weighted by Gasteiger charge is -2.33. The second-order valence-corrected chi connectivity index (χ2v) is 15.7. The third-order valence-corrected chi connectivity index (χ3v) is 10.7. The number of alkyl carbamates (subject to hydrolysis) is 1. The van der Waals surface area contributed by atoms with Gasteiger partial charge in [0.1, 0.15) is 43.2 Å². The summed E-state index contributed by atoms with van der Waals surface area (Å²) in [5, 5.41) is 105. The molecule has 0 spiro atoms. The molecule has 0 fully saturated rings. The van der Waals surface area contributed by atoms with Crippen LogP contribution in [-0.2, 0) is 29.0 Å². The molecule has 3 aromatic rings. The largest absolute Gasteiger partial charge is 0.445 e. The molecular weight excluding hydrogens is 805 g/mol. The molecule has 3 aromatic carbocycles. The van der Waals surface area contributed by atoms with Crippen LogP contribution in [0.4, 0.5) is 4.79 Å². The van der Waals surface area contributed by atoms with Crippen molar-refractivity contribution in [1.82, 2.24) is 15.5 Å². The van der Waals surface area contributed by atoms with Crippen LogP contribution in [0.5, 0.6) is 0 Å². The average molecular weight is 873 g/mol. The number of aryl methyl sites for hydroxylation is 2. The van der Waals surface area contributed by atoms with Gasteiger partial charge in [-0.2, -0.15) is 0 Å². The molecule has 0 heterocycles. The Kier molecular flexibility index (Phi) is 24.1. The molecule has 0 aliphatic heterocycles. The van der Waals surface area contributed by atoms with Crippen LogP contribution in [0, 0.1) is 0 Å². The van der Waals surface area contributed by atoms with E-state index in [4.69, 9.17) is 20.7 Å². The first kappa shape index (κ1) is 52.3. The second-order valence-electron chi connectivity index (χ2n) is 15.7. The molecule has 9 atom stereocenters. The summed E-state index contributed by atoms with van der Waals surface area (Å²) < 4.78 is 5.24. The molecule has 14 N–H and O–H groups in total. The molecular formula is C45H68N4O13. The molecule has 0 saturated heterocycles. The number of amides is 2. The third kappa shape index (κ3) is 18.7. The van der Waals surface area contributed by atoms with Crippen LogP contribution in [-0.4, -0.2) is 169 Å². The summed E-state index contributed by atoms with van der Waals surface area (Å²) in [4.78, 5) is 26.0. The van der Waals surface area contributed by atoms with Crippen LogP contribution in [0.3, 0.4) is 0 Å². The summed E-state index contributed by atoms with van der Waals surface area (Å²) in [5.41, 5.74) is 11.6. The first-order valence-electron chi connectivity index (χ1n) is 21.3. The number of ether oxygens (including phenoxy) is 1. The van der Waals surface area contributed by atoms with Gasteiger partial charge in [0, 0.05) is 26.2 Å². The predicted molar refractivity (Wildman–Crippen MR) is 231 cm³/mol. The lowest BCUT2D eigenvalue weighted by molar-refractivity contribution is -0.130. The Labute approximate surface area is 363 Å². The van der Waals surface area contributed by atoms with E-state index in [0.717, 1.165) is 47.9 Å². The molecule has 3 rings (SSSR count). The van der Waals surface area contributed by atoms with Gasteiger partial charge >= 0.3 is 6.09 Å². The van der Waals surface area contributed by atoms with Gasteiger partial charge in [-0.3, -0.25) is 9.69 Å². The van der Waals surface area contributed by atoms with Crippen molar-refractivity contribution in [2.45, 2.75) is 113 Å². The summed E-state index contributed by atoms with van der Waals surface area (Å²) in [6, 6.07) is 25.5. The number of carbonyl (C=O) groups is 2. The van der Waals surface area contributed by atoms with Crippen LogP contribution < -0.4 is 16.4 Å². The van der Waals surface area contributed by atoms with E-state index in [1.165, 1.54) is 10.5 Å². The Bertz CT molecular complexity index is 1640. The maximum Gasteiger partial charge on any atom is 0.407 e. The number of benzene rings is 3. The van der Waals surface area contributed by atoms with Gasteiger partial charge in [-0.1, -0.05) is 85.3 Å². The first-order valence-corrected chi connectivity index (χ1v) is 21.3. The minimum atomic E-state index is -1.88. The van der Waals surface area contributed by atoms with Crippen molar-refractivity contribution in [3.05, 3.63) is 95.6 Å². The third-order valence-electron chi connectivity index (χ3n) is 10.7. The summed E-state index contributed by atoms with van der Waals surface area (Å²) in [6.07, 6.45) is -9.51. The zero-order chi connectivity index (χ0) is 45.4. The van der Waals surface area contributed by atoms with Crippen LogP contribution in [0.2, 0.25) is 0 Å². The Morgan fingerprint density at radius 1 is 0.565 bits per heavy atom. The molecule has 17 heteroatoms. The molecule has 346 valence electrons. The zero-order valence-electron chi connectivity index (χ0n) is 35.2. The van der Waals surface area contributed by atoms with E-state index in [-0.39, 0.29) is 32.1 Å². The molecule has 0 radical (unpaired) electrons. The van der Waals surface area contributed by atoms with E-state index in [9.17, 15) is 50.4 Å². The first-order chi connectivity index (χ1) is 29.7. The fourth-order valence-corrected chi connectivity index (χ4v) is 6.74. The van der Waals surface area contributed by atoms with Gasteiger partial charge in [0.05, 0.1) is 31.5 Å². The fourth-order valence-electron chi connectivity index (χ4n) is 6.74. The number of nitrogens with two attached hydrogens (primary N) is 1. The number of unbranched alkanes of at least 4 members (excludes halogenated alkanes) is 2. The van der Waals surface area contributed by atoms with E-state index in [2.05, 4.69) is 59.2 Å². The van der Waals surface area contributed by atoms with Gasteiger partial charge < -0.3 is 72.2 Å². The summed E-state index contributed by atoms with van der Waals surface area (Å²) in [6.45, 7) is -1.13. The van der Waals surface area contributed by atoms with E-state index in [1.54, 1.807) is 0 Å². The minimum Gasteiger partial charge on any atom is -0.445 e. The fraction of sp³-hybridized carbons (Fsp3) is 0.556. The topological polar surface area (TPSA) is 299 Å². The van der Waals surface area contributed by atoms with Crippen molar-refractivity contribution in [2.24, 2.45) is 5.73 Å². The van der Waals surface area contributed by atoms with E-state index in [1.807, 2.05) is 30.3 Å². The molecule has 62 heavy (non-hydrogen) atoms. The number of hydrogen-bond donors (Lipinski definition) is 13. The van der Waals surface area contributed by atoms with E-state index < -0.39 is 74.2 Å². The standard InChI is InChI=1S/C45H68N4O13/c46-35(13-5-7-24-49(25-36(52)40(56)42(58)38(54)27-50)26-37(53)41(57)43(59)39(55)28-51)44(60)47-23-8-12-31-16-20-34(21-17-31)33-18-14-30(15-19-33)9-4-6-22-48-45(61)62-29-32-10-2-1-3-11-32/h1-3,10-11,14-21,35-43,50-59H,4-9,12-13,22-29,46H2,(H,47,60)(H,48,61)/t35-,36-,37-,38+,39+,40+,41+,42+,43+/m0/s1. The van der Waals surface area contributed by atoms with E-state index >= 15 is 0 Å². The highest BCUT2D eigenvalue weighted by molar-refractivity contribution is 5.81. The molecule has 17 nitrogen and oxygen atoms in total. The summed E-state index contributed by atoms with van der Waals surface area (Å²) in [7, 11) is 0. The number of nitrogens with zero attached hydrogens (tertiary/aromatic N) is 1. The summed E-state index contributed by atoms with van der Waals surface area (Å²) >= 11 is 0. The number of rotatable bonds is 30. The normalized spacial score (nSPS) is 16.1. The Hall–Kier alpha value is -4.08. The van der Waals surface area contributed by atoms with Crippen LogP contribution in [0.25, 0.3) is 11.1 Å². The van der Waals surface area contributed by atoms with Crippen molar-refractivity contribution < 1.29 is 65.4 Å². The molecule has 0 aliphatic rings. The maximum atomic E-state index is 12.7. The van der Waals surface area contributed by atoms with Crippen LogP contribution in [0.1, 0.15) is 55.2 Å². The molecule has 0 saturated carbocycles. The lowest BCUT2D eigenvalue weighted by atomic mass is 9.99. The van der Waals surface area contributed by atoms with Crippen molar-refractivity contribution in [2.75, 3.05) is 45.9 Å². The van der Waals surface area contributed by atoms with E-state index in [0.29, 0.717) is 38.8 Å². The highest BCUT2D eigenvalue weighted by Gasteiger charge is 2.34. The number of hydrogen-bond acceptors (Lipinski definition) is 15. The van der Waals surface area contributed by atoms with Gasteiger partial charge in [-0.25, -0.2) is 4.79 Å². The highest BCUT2D eigenvalue weighted by Crippen LogP contribution is 2.22. The highest BCUT2D eigenvalue weighted by atomic mass is 16.5. The van der Waals surface area contributed by atoms with Crippen molar-refractivity contribution >= 4 is 12.0 Å². The van der Waals surface area contributed by atoms with Gasteiger partial charge in [-0.15, -0.1) is 0 Å². The quantitative estimate of drug-likeness (QED) is 0.0370. The average Bonchev–Trinajstić information content (AvgIpc) is 3.29. The number of carbonyl (C=O) groups excluding carboxylic acids is 2. The molecule has 0 aliphatic carbocycles. The predicted octanol–water partition coefficient (Wildman–Crippen LogP) is -0.677. The smallest absolute Gasteiger partial charge is 0.407 e. The Balaban J connectivity index is 1.34. The van der Waals surface area contributed by atoms with Gasteiger partial charge in [0.2, 0.25) is 5.91 Å². The monoisotopic (exact) mass is 872 g/mol.